The van der Waals surface area contributed by atoms with E-state index in [9.17, 15) is 10.2 Å². The lowest BCUT2D eigenvalue weighted by molar-refractivity contribution is -0.109. The van der Waals surface area contributed by atoms with Crippen LogP contribution in [0.4, 0.5) is 0 Å². The molecule has 0 amide bonds. The molecule has 1 aromatic carbocycles. The molecule has 1 heterocycles. The minimum Gasteiger partial charge on any atom is -0.394 e. The van der Waals surface area contributed by atoms with Gasteiger partial charge < -0.3 is 24.5 Å². The van der Waals surface area contributed by atoms with Gasteiger partial charge in [-0.25, -0.2) is 0 Å². The summed E-state index contributed by atoms with van der Waals surface area (Å²) in [6.45, 7) is 0.359. The third-order valence-electron chi connectivity index (χ3n) is 3.38. The molecule has 1 aliphatic heterocycles. The van der Waals surface area contributed by atoms with Gasteiger partial charge in [-0.2, -0.15) is 0 Å². The largest absolute Gasteiger partial charge is 0.394 e. The Morgan fingerprint density at radius 2 is 2.13 bits per heavy atom. The lowest BCUT2D eigenvalue weighted by atomic mass is 10.1. The third kappa shape index (κ3) is 5.66. The van der Waals surface area contributed by atoms with E-state index in [1.165, 1.54) is 0 Å². The van der Waals surface area contributed by atoms with Gasteiger partial charge in [-0.05, 0) is 5.56 Å². The van der Waals surface area contributed by atoms with E-state index in [0.717, 1.165) is 5.56 Å². The number of hydrogen-bond donors (Lipinski definition) is 2. The standard InChI is InChI=1S/C17H21NO5/c1-2-14-8-16(23-18-14)17(9-19)22-12-15(20)11-21-10-13-6-4-3-5-7-13/h1,3-7,15-17,19-20H,8-12H2/t15-,16-,17+/m0/s1. The van der Waals surface area contributed by atoms with Crippen LogP contribution < -0.4 is 0 Å². The second kappa shape index (κ2) is 9.28. The van der Waals surface area contributed by atoms with Gasteiger partial charge in [-0.3, -0.25) is 0 Å². The molecule has 3 atom stereocenters. The van der Waals surface area contributed by atoms with Crippen molar-refractivity contribution >= 4 is 5.71 Å². The molecule has 0 saturated heterocycles. The Hall–Kier alpha value is -1.91. The fourth-order valence-electron chi connectivity index (χ4n) is 2.13. The van der Waals surface area contributed by atoms with E-state index in [-0.39, 0.29) is 19.8 Å². The van der Waals surface area contributed by atoms with Crippen molar-refractivity contribution in [3.8, 4) is 12.3 Å². The summed E-state index contributed by atoms with van der Waals surface area (Å²) in [5.41, 5.74) is 1.52. The van der Waals surface area contributed by atoms with Gasteiger partial charge >= 0.3 is 0 Å². The molecule has 0 aromatic heterocycles. The Kier molecular flexibility index (Phi) is 7.04. The first-order valence-corrected chi connectivity index (χ1v) is 7.44. The Morgan fingerprint density at radius 1 is 1.35 bits per heavy atom. The van der Waals surface area contributed by atoms with Crippen LogP contribution in [0.15, 0.2) is 35.5 Å². The molecular formula is C17H21NO5. The fraction of sp³-hybridized carbons (Fsp3) is 0.471. The predicted octanol–water partition coefficient (Wildman–Crippen LogP) is 0.720. The van der Waals surface area contributed by atoms with Crippen LogP contribution in [0.1, 0.15) is 12.0 Å². The number of ether oxygens (including phenoxy) is 2. The molecule has 0 fully saturated rings. The highest BCUT2D eigenvalue weighted by molar-refractivity contribution is 6.00. The van der Waals surface area contributed by atoms with E-state index in [1.54, 1.807) is 0 Å². The number of aliphatic hydroxyl groups is 2. The zero-order chi connectivity index (χ0) is 16.5. The van der Waals surface area contributed by atoms with Crippen molar-refractivity contribution in [2.45, 2.75) is 31.3 Å². The summed E-state index contributed by atoms with van der Waals surface area (Å²) < 4.78 is 10.9. The Morgan fingerprint density at radius 3 is 2.78 bits per heavy atom. The van der Waals surface area contributed by atoms with E-state index in [0.29, 0.717) is 18.7 Å². The van der Waals surface area contributed by atoms with E-state index in [4.69, 9.17) is 20.7 Å². The van der Waals surface area contributed by atoms with E-state index in [2.05, 4.69) is 11.1 Å². The van der Waals surface area contributed by atoms with Crippen molar-refractivity contribution in [2.75, 3.05) is 19.8 Å². The Bertz CT molecular complexity index is 540. The first-order valence-electron chi connectivity index (χ1n) is 7.44. The monoisotopic (exact) mass is 319 g/mol. The molecule has 0 radical (unpaired) electrons. The topological polar surface area (TPSA) is 80.5 Å². The smallest absolute Gasteiger partial charge is 0.162 e. The molecule has 0 aliphatic carbocycles. The summed E-state index contributed by atoms with van der Waals surface area (Å²) in [5.74, 6) is 2.40. The van der Waals surface area contributed by atoms with Crippen LogP contribution in [0.25, 0.3) is 0 Å². The molecule has 1 aromatic rings. The van der Waals surface area contributed by atoms with Crippen LogP contribution >= 0.6 is 0 Å². The van der Waals surface area contributed by atoms with Gasteiger partial charge in [0.15, 0.2) is 6.10 Å². The van der Waals surface area contributed by atoms with Gasteiger partial charge in [-0.15, -0.1) is 6.42 Å². The van der Waals surface area contributed by atoms with Crippen molar-refractivity contribution in [1.29, 1.82) is 0 Å². The summed E-state index contributed by atoms with van der Waals surface area (Å²) >= 11 is 0. The number of nitrogens with zero attached hydrogens (tertiary/aromatic N) is 1. The molecule has 23 heavy (non-hydrogen) atoms. The number of terminal acetylenes is 1. The summed E-state index contributed by atoms with van der Waals surface area (Å²) in [7, 11) is 0. The van der Waals surface area contributed by atoms with Crippen LogP contribution in [-0.4, -0.2) is 54.1 Å². The molecule has 6 heteroatoms. The number of rotatable bonds is 9. The summed E-state index contributed by atoms with van der Waals surface area (Å²) in [6.07, 6.45) is 3.85. The van der Waals surface area contributed by atoms with Gasteiger partial charge in [0.1, 0.15) is 17.9 Å². The molecule has 6 nitrogen and oxygen atoms in total. The highest BCUT2D eigenvalue weighted by Crippen LogP contribution is 2.16. The predicted molar refractivity (Wildman–Crippen MR) is 84.7 cm³/mol. The Labute approximate surface area is 135 Å². The molecule has 0 bridgehead atoms. The minimum atomic E-state index is -0.790. The zero-order valence-corrected chi connectivity index (χ0v) is 12.8. The maximum Gasteiger partial charge on any atom is 0.162 e. The van der Waals surface area contributed by atoms with Crippen molar-refractivity contribution in [3.05, 3.63) is 35.9 Å². The maximum absolute atomic E-state index is 9.88. The van der Waals surface area contributed by atoms with Gasteiger partial charge in [-0.1, -0.05) is 41.4 Å². The van der Waals surface area contributed by atoms with E-state index >= 15 is 0 Å². The minimum absolute atomic E-state index is 0.0330. The number of oxime groups is 1. The molecule has 124 valence electrons. The molecule has 0 spiro atoms. The molecular weight excluding hydrogens is 298 g/mol. The normalized spacial score (nSPS) is 19.5. The molecule has 2 rings (SSSR count). The molecule has 0 saturated carbocycles. The molecule has 0 unspecified atom stereocenters. The van der Waals surface area contributed by atoms with Crippen molar-refractivity contribution < 1.29 is 24.5 Å². The van der Waals surface area contributed by atoms with Gasteiger partial charge in [0.25, 0.3) is 0 Å². The van der Waals surface area contributed by atoms with Crippen molar-refractivity contribution in [1.82, 2.24) is 0 Å². The first-order chi connectivity index (χ1) is 11.2. The van der Waals surface area contributed by atoms with Crippen LogP contribution in [0.5, 0.6) is 0 Å². The Balaban J connectivity index is 1.65. The van der Waals surface area contributed by atoms with Gasteiger partial charge in [0, 0.05) is 6.42 Å². The SMILES string of the molecule is C#CC1=NO[C@H]([C@@H](CO)OC[C@@H](O)COCc2ccccc2)C1. The summed E-state index contributed by atoms with van der Waals surface area (Å²) in [4.78, 5) is 5.13. The number of aliphatic hydroxyl groups excluding tert-OH is 2. The highest BCUT2D eigenvalue weighted by Gasteiger charge is 2.30. The number of hydrogen-bond acceptors (Lipinski definition) is 6. The van der Waals surface area contributed by atoms with Crippen molar-refractivity contribution in [3.63, 3.8) is 0 Å². The number of benzene rings is 1. The van der Waals surface area contributed by atoms with E-state index in [1.807, 2.05) is 30.3 Å². The quantitative estimate of drug-likeness (QED) is 0.656. The summed E-state index contributed by atoms with van der Waals surface area (Å²) in [5, 5.41) is 23.0. The van der Waals surface area contributed by atoms with Crippen LogP contribution in [0.2, 0.25) is 0 Å². The average Bonchev–Trinajstić information content (AvgIpc) is 3.05. The maximum atomic E-state index is 9.88. The lowest BCUT2D eigenvalue weighted by Crippen LogP contribution is -2.36. The highest BCUT2D eigenvalue weighted by atomic mass is 16.7. The molecule has 1 aliphatic rings. The second-order valence-electron chi connectivity index (χ2n) is 5.24. The summed E-state index contributed by atoms with van der Waals surface area (Å²) in [6, 6.07) is 9.69. The van der Waals surface area contributed by atoms with E-state index < -0.39 is 18.3 Å². The first kappa shape index (κ1) is 17.4. The average molecular weight is 319 g/mol. The molecule has 2 N–H and O–H groups in total. The fourth-order valence-corrected chi connectivity index (χ4v) is 2.13. The van der Waals surface area contributed by atoms with Gasteiger partial charge in [0.2, 0.25) is 0 Å². The van der Waals surface area contributed by atoms with Crippen LogP contribution in [0, 0.1) is 12.3 Å². The van der Waals surface area contributed by atoms with Crippen LogP contribution in [0.3, 0.4) is 0 Å². The third-order valence-corrected chi connectivity index (χ3v) is 3.38. The van der Waals surface area contributed by atoms with Crippen LogP contribution in [-0.2, 0) is 20.9 Å². The second-order valence-corrected chi connectivity index (χ2v) is 5.24. The van der Waals surface area contributed by atoms with Gasteiger partial charge in [0.05, 0.1) is 26.4 Å². The van der Waals surface area contributed by atoms with Crippen molar-refractivity contribution in [2.24, 2.45) is 5.16 Å². The lowest BCUT2D eigenvalue weighted by Gasteiger charge is -2.21. The zero-order valence-electron chi connectivity index (χ0n) is 12.8.